The first-order chi connectivity index (χ1) is 11.2. The second-order valence-corrected chi connectivity index (χ2v) is 7.17. The van der Waals surface area contributed by atoms with Gasteiger partial charge in [0.15, 0.2) is 0 Å². The highest BCUT2D eigenvalue weighted by Gasteiger charge is 2.52. The minimum Gasteiger partial charge on any atom is -0.370 e. The summed E-state index contributed by atoms with van der Waals surface area (Å²) >= 11 is 0. The van der Waals surface area contributed by atoms with E-state index >= 15 is 0 Å². The number of piperidine rings is 1. The van der Waals surface area contributed by atoms with Crippen LogP contribution in [0.15, 0.2) is 12.3 Å². The molecule has 0 aromatic carbocycles. The third-order valence-electron chi connectivity index (χ3n) is 5.53. The van der Waals surface area contributed by atoms with Crippen molar-refractivity contribution in [1.82, 2.24) is 19.6 Å². The van der Waals surface area contributed by atoms with E-state index in [-0.39, 0.29) is 11.5 Å². The highest BCUT2D eigenvalue weighted by atomic mass is 16.5. The lowest BCUT2D eigenvalue weighted by atomic mass is 9.88. The van der Waals surface area contributed by atoms with Gasteiger partial charge in [-0.05, 0) is 45.3 Å². The number of likely N-dealkylation sites (tertiary alicyclic amines) is 2. The van der Waals surface area contributed by atoms with Gasteiger partial charge in [0.2, 0.25) is 0 Å². The Morgan fingerprint density at radius 2 is 2.13 bits per heavy atom. The highest BCUT2D eigenvalue weighted by molar-refractivity contribution is 5.93. The molecule has 4 heterocycles. The van der Waals surface area contributed by atoms with Crippen molar-refractivity contribution in [3.05, 3.63) is 18.0 Å². The Balaban J connectivity index is 1.33. The van der Waals surface area contributed by atoms with Gasteiger partial charge in [0.25, 0.3) is 5.91 Å². The van der Waals surface area contributed by atoms with Crippen LogP contribution < -0.4 is 0 Å². The topological polar surface area (TPSA) is 50.6 Å². The summed E-state index contributed by atoms with van der Waals surface area (Å²) in [5.41, 5.74) is 0.456. The van der Waals surface area contributed by atoms with Crippen LogP contribution in [-0.4, -0.2) is 69.9 Å². The maximum absolute atomic E-state index is 12.5. The number of hydrogen-bond donors (Lipinski definition) is 0. The molecule has 0 bridgehead atoms. The minimum absolute atomic E-state index is 0.0350. The van der Waals surface area contributed by atoms with Crippen LogP contribution in [0.4, 0.5) is 0 Å². The fourth-order valence-electron chi connectivity index (χ4n) is 4.17. The number of aromatic nitrogens is 2. The Morgan fingerprint density at radius 3 is 2.83 bits per heavy atom. The lowest BCUT2D eigenvalue weighted by molar-refractivity contribution is -0.0952. The lowest BCUT2D eigenvalue weighted by Crippen LogP contribution is -2.63. The van der Waals surface area contributed by atoms with Crippen molar-refractivity contribution in [2.75, 3.05) is 32.8 Å². The van der Waals surface area contributed by atoms with Crippen molar-refractivity contribution in [1.29, 1.82) is 0 Å². The summed E-state index contributed by atoms with van der Waals surface area (Å²) in [6, 6.07) is 2.36. The summed E-state index contributed by atoms with van der Waals surface area (Å²) in [4.78, 5) is 16.9. The Hall–Kier alpha value is -1.40. The average Bonchev–Trinajstić information content (AvgIpc) is 3.21. The molecule has 23 heavy (non-hydrogen) atoms. The maximum atomic E-state index is 12.5. The number of carbonyl (C=O) groups excluding carboxylic acids is 1. The first-order valence-corrected chi connectivity index (χ1v) is 8.90. The summed E-state index contributed by atoms with van der Waals surface area (Å²) in [6.07, 6.45) is 6.92. The van der Waals surface area contributed by atoms with Gasteiger partial charge in [0, 0.05) is 18.8 Å². The Labute approximate surface area is 137 Å². The van der Waals surface area contributed by atoms with Gasteiger partial charge in [0.05, 0.1) is 19.7 Å². The number of aryl methyl sites for hydroxylation is 1. The normalized spacial score (nSPS) is 27.3. The highest BCUT2D eigenvalue weighted by Crippen LogP contribution is 2.38. The average molecular weight is 318 g/mol. The Bertz CT molecular complexity index is 573. The first kappa shape index (κ1) is 15.1. The van der Waals surface area contributed by atoms with E-state index in [2.05, 4.69) is 10.00 Å². The number of amides is 1. The molecule has 1 amide bonds. The molecule has 1 spiro atoms. The molecule has 6 nitrogen and oxygen atoms in total. The van der Waals surface area contributed by atoms with E-state index in [0.717, 1.165) is 32.7 Å². The number of carbonyl (C=O) groups is 1. The van der Waals surface area contributed by atoms with Gasteiger partial charge in [-0.3, -0.25) is 14.4 Å². The third-order valence-corrected chi connectivity index (χ3v) is 5.53. The molecule has 0 aliphatic carbocycles. The fraction of sp³-hybridized carbons (Fsp3) is 0.765. The molecule has 0 N–H and O–H groups in total. The van der Waals surface area contributed by atoms with Crippen LogP contribution in [0.5, 0.6) is 0 Å². The summed E-state index contributed by atoms with van der Waals surface area (Å²) in [6.45, 7) is 7.49. The summed E-state index contributed by atoms with van der Waals surface area (Å²) in [7, 11) is 0. The standard InChI is InChI=1S/C17H26N4O2/c1-2-21-9-6-15(18-21)16(22)20-12-17(13-20)10-14(11-23-17)19-7-4-3-5-8-19/h6,9,14H,2-5,7-8,10-13H2,1H3/t14-/m0/s1. The zero-order valence-corrected chi connectivity index (χ0v) is 13.9. The molecule has 1 aromatic rings. The van der Waals surface area contributed by atoms with Crippen LogP contribution in [0.3, 0.4) is 0 Å². The van der Waals surface area contributed by atoms with Crippen molar-refractivity contribution < 1.29 is 9.53 Å². The van der Waals surface area contributed by atoms with Crippen molar-refractivity contribution in [3.63, 3.8) is 0 Å². The van der Waals surface area contributed by atoms with Gasteiger partial charge < -0.3 is 9.64 Å². The Kier molecular flexibility index (Phi) is 3.89. The van der Waals surface area contributed by atoms with Crippen molar-refractivity contribution in [2.45, 2.75) is 50.8 Å². The third kappa shape index (κ3) is 2.78. The van der Waals surface area contributed by atoms with Gasteiger partial charge in [-0.1, -0.05) is 6.42 Å². The molecule has 0 radical (unpaired) electrons. The smallest absolute Gasteiger partial charge is 0.274 e. The van der Waals surface area contributed by atoms with Crippen LogP contribution in [0.1, 0.15) is 43.1 Å². The largest absolute Gasteiger partial charge is 0.370 e. The van der Waals surface area contributed by atoms with Crippen molar-refractivity contribution in [3.8, 4) is 0 Å². The maximum Gasteiger partial charge on any atom is 0.274 e. The van der Waals surface area contributed by atoms with Gasteiger partial charge >= 0.3 is 0 Å². The molecule has 0 saturated carbocycles. The number of hydrogen-bond acceptors (Lipinski definition) is 4. The number of ether oxygens (including phenoxy) is 1. The van der Waals surface area contributed by atoms with Crippen LogP contribution in [0, 0.1) is 0 Å². The molecule has 126 valence electrons. The molecule has 3 fully saturated rings. The lowest BCUT2D eigenvalue weighted by Gasteiger charge is -2.47. The summed E-state index contributed by atoms with van der Waals surface area (Å²) in [5, 5.41) is 4.31. The van der Waals surface area contributed by atoms with E-state index in [4.69, 9.17) is 4.74 Å². The van der Waals surface area contributed by atoms with Crippen LogP contribution in [0.25, 0.3) is 0 Å². The van der Waals surface area contributed by atoms with Crippen molar-refractivity contribution >= 4 is 5.91 Å². The molecule has 3 aliphatic heterocycles. The van der Waals surface area contributed by atoms with E-state index in [1.54, 1.807) is 4.68 Å². The fourth-order valence-corrected chi connectivity index (χ4v) is 4.17. The molecule has 1 atom stereocenters. The predicted molar refractivity (Wildman–Crippen MR) is 86.3 cm³/mol. The molecule has 4 rings (SSSR count). The Morgan fingerprint density at radius 1 is 1.35 bits per heavy atom. The predicted octanol–water partition coefficient (Wildman–Crippen LogP) is 1.37. The molecule has 0 unspecified atom stereocenters. The van der Waals surface area contributed by atoms with E-state index in [1.165, 1.54) is 32.4 Å². The van der Waals surface area contributed by atoms with Gasteiger partial charge in [-0.15, -0.1) is 0 Å². The second-order valence-electron chi connectivity index (χ2n) is 7.17. The second kappa shape index (κ2) is 5.91. The molecule has 3 saturated heterocycles. The van der Waals surface area contributed by atoms with Gasteiger partial charge in [-0.25, -0.2) is 0 Å². The quantitative estimate of drug-likeness (QED) is 0.845. The zero-order valence-electron chi connectivity index (χ0n) is 13.9. The van der Waals surface area contributed by atoms with Gasteiger partial charge in [-0.2, -0.15) is 5.10 Å². The van der Waals surface area contributed by atoms with Gasteiger partial charge in [0.1, 0.15) is 11.3 Å². The van der Waals surface area contributed by atoms with E-state index in [1.807, 2.05) is 24.1 Å². The number of nitrogens with zero attached hydrogens (tertiary/aromatic N) is 4. The SMILES string of the molecule is CCn1ccc(C(=O)N2CC3(C[C@H](N4CCCCC4)CO3)C2)n1. The monoisotopic (exact) mass is 318 g/mol. The molecular weight excluding hydrogens is 292 g/mol. The first-order valence-electron chi connectivity index (χ1n) is 8.90. The van der Waals surface area contributed by atoms with Crippen LogP contribution in [-0.2, 0) is 11.3 Å². The molecular formula is C17H26N4O2. The van der Waals surface area contributed by atoms with E-state index in [0.29, 0.717) is 11.7 Å². The summed E-state index contributed by atoms with van der Waals surface area (Å²) < 4.78 is 7.92. The van der Waals surface area contributed by atoms with E-state index in [9.17, 15) is 4.79 Å². The minimum atomic E-state index is -0.0922. The zero-order chi connectivity index (χ0) is 15.9. The van der Waals surface area contributed by atoms with Crippen LogP contribution in [0.2, 0.25) is 0 Å². The van der Waals surface area contributed by atoms with E-state index < -0.39 is 0 Å². The molecule has 3 aliphatic rings. The van der Waals surface area contributed by atoms with Crippen molar-refractivity contribution in [2.24, 2.45) is 0 Å². The summed E-state index contributed by atoms with van der Waals surface area (Å²) in [5.74, 6) is 0.0350. The van der Waals surface area contributed by atoms with Crippen LogP contribution >= 0.6 is 0 Å². The number of rotatable bonds is 3. The molecule has 1 aromatic heterocycles. The molecule has 6 heteroatoms.